The summed E-state index contributed by atoms with van der Waals surface area (Å²) in [5, 5.41) is 0. The molecule has 0 aliphatic heterocycles. The van der Waals surface area contributed by atoms with Crippen LogP contribution in [-0.4, -0.2) is 24.6 Å². The Hall–Kier alpha value is -3.54. The molecule has 3 aromatic rings. The SMILES string of the molecule is CCCOc1ccc(OC)cc1CN(C(C)=O)c1cccnc1Oc1ccccc1. The van der Waals surface area contributed by atoms with Gasteiger partial charge in [-0.2, -0.15) is 0 Å². The van der Waals surface area contributed by atoms with Gasteiger partial charge in [0, 0.05) is 18.7 Å². The summed E-state index contributed by atoms with van der Waals surface area (Å²) in [5.41, 5.74) is 1.42. The minimum Gasteiger partial charge on any atom is -0.497 e. The van der Waals surface area contributed by atoms with E-state index >= 15 is 0 Å². The van der Waals surface area contributed by atoms with E-state index in [-0.39, 0.29) is 5.91 Å². The maximum Gasteiger partial charge on any atom is 0.243 e. The maximum atomic E-state index is 12.6. The number of hydrogen-bond donors (Lipinski definition) is 0. The van der Waals surface area contributed by atoms with Gasteiger partial charge < -0.3 is 19.1 Å². The van der Waals surface area contributed by atoms with Crippen molar-refractivity contribution in [3.05, 3.63) is 72.4 Å². The van der Waals surface area contributed by atoms with Crippen molar-refractivity contribution in [2.45, 2.75) is 26.8 Å². The fourth-order valence-corrected chi connectivity index (χ4v) is 2.96. The number of methoxy groups -OCH3 is 1. The first-order valence-corrected chi connectivity index (χ1v) is 9.88. The molecule has 0 saturated carbocycles. The number of hydrogen-bond acceptors (Lipinski definition) is 5. The monoisotopic (exact) mass is 406 g/mol. The Morgan fingerprint density at radius 3 is 2.53 bits per heavy atom. The first-order valence-electron chi connectivity index (χ1n) is 9.88. The third-order valence-electron chi connectivity index (χ3n) is 4.44. The van der Waals surface area contributed by atoms with Crippen LogP contribution in [0.4, 0.5) is 5.69 Å². The quantitative estimate of drug-likeness (QED) is 0.487. The van der Waals surface area contributed by atoms with Crippen molar-refractivity contribution in [2.24, 2.45) is 0 Å². The molecule has 6 nitrogen and oxygen atoms in total. The van der Waals surface area contributed by atoms with Gasteiger partial charge in [0.05, 0.1) is 20.3 Å². The molecule has 0 fully saturated rings. The number of aromatic nitrogens is 1. The van der Waals surface area contributed by atoms with Crippen molar-refractivity contribution in [3.63, 3.8) is 0 Å². The molecule has 6 heteroatoms. The highest BCUT2D eigenvalue weighted by Crippen LogP contribution is 2.33. The number of nitrogens with zero attached hydrogens (tertiary/aromatic N) is 2. The van der Waals surface area contributed by atoms with Gasteiger partial charge >= 0.3 is 0 Å². The Morgan fingerprint density at radius 1 is 1.03 bits per heavy atom. The zero-order chi connectivity index (χ0) is 21.3. The van der Waals surface area contributed by atoms with Gasteiger partial charge in [-0.15, -0.1) is 0 Å². The molecule has 3 rings (SSSR count). The third-order valence-corrected chi connectivity index (χ3v) is 4.44. The van der Waals surface area contributed by atoms with Crippen molar-refractivity contribution >= 4 is 11.6 Å². The molecule has 156 valence electrons. The number of anilines is 1. The van der Waals surface area contributed by atoms with Gasteiger partial charge in [0.2, 0.25) is 11.8 Å². The van der Waals surface area contributed by atoms with Crippen LogP contribution in [0, 0.1) is 0 Å². The number of benzene rings is 2. The fourth-order valence-electron chi connectivity index (χ4n) is 2.96. The summed E-state index contributed by atoms with van der Waals surface area (Å²) in [6.45, 7) is 4.46. The molecule has 0 N–H and O–H groups in total. The molecule has 1 amide bonds. The van der Waals surface area contributed by atoms with E-state index in [1.54, 1.807) is 24.3 Å². The molecule has 2 aromatic carbocycles. The van der Waals surface area contributed by atoms with Crippen LogP contribution in [-0.2, 0) is 11.3 Å². The Morgan fingerprint density at radius 2 is 1.83 bits per heavy atom. The van der Waals surface area contributed by atoms with E-state index in [1.807, 2.05) is 61.5 Å². The van der Waals surface area contributed by atoms with Crippen LogP contribution >= 0.6 is 0 Å². The van der Waals surface area contributed by atoms with E-state index in [1.165, 1.54) is 6.92 Å². The van der Waals surface area contributed by atoms with E-state index in [9.17, 15) is 4.79 Å². The van der Waals surface area contributed by atoms with Crippen molar-refractivity contribution < 1.29 is 19.0 Å². The Bertz CT molecular complexity index is 976. The first-order chi connectivity index (χ1) is 14.6. The summed E-state index contributed by atoms with van der Waals surface area (Å²) in [6, 6.07) is 18.6. The van der Waals surface area contributed by atoms with Gasteiger partial charge in [0.25, 0.3) is 0 Å². The number of amides is 1. The Kier molecular flexibility index (Phi) is 7.27. The van der Waals surface area contributed by atoms with Crippen LogP contribution in [0.1, 0.15) is 25.8 Å². The summed E-state index contributed by atoms with van der Waals surface area (Å²) < 4.78 is 17.2. The molecule has 0 saturated heterocycles. The van der Waals surface area contributed by atoms with Crippen molar-refractivity contribution in [3.8, 4) is 23.1 Å². The van der Waals surface area contributed by atoms with Crippen molar-refractivity contribution in [1.82, 2.24) is 4.98 Å². The predicted molar refractivity (Wildman–Crippen MR) is 116 cm³/mol. The number of ether oxygens (including phenoxy) is 3. The molecule has 0 bridgehead atoms. The van der Waals surface area contributed by atoms with Crippen LogP contribution < -0.4 is 19.1 Å². The smallest absolute Gasteiger partial charge is 0.243 e. The molecule has 0 aliphatic carbocycles. The number of para-hydroxylation sites is 1. The average molecular weight is 406 g/mol. The second-order valence-corrected chi connectivity index (χ2v) is 6.67. The van der Waals surface area contributed by atoms with Gasteiger partial charge in [-0.05, 0) is 48.9 Å². The summed E-state index contributed by atoms with van der Waals surface area (Å²) >= 11 is 0. The Labute approximate surface area is 177 Å². The maximum absolute atomic E-state index is 12.6. The highest BCUT2D eigenvalue weighted by molar-refractivity contribution is 5.92. The van der Waals surface area contributed by atoms with E-state index in [0.717, 1.165) is 17.7 Å². The highest BCUT2D eigenvalue weighted by Gasteiger charge is 2.20. The lowest BCUT2D eigenvalue weighted by Crippen LogP contribution is -2.28. The van der Waals surface area contributed by atoms with Gasteiger partial charge in [-0.1, -0.05) is 25.1 Å². The molecule has 0 atom stereocenters. The van der Waals surface area contributed by atoms with Crippen LogP contribution in [0.15, 0.2) is 66.9 Å². The minimum atomic E-state index is -0.134. The zero-order valence-corrected chi connectivity index (χ0v) is 17.5. The standard InChI is InChI=1S/C24H26N2O4/c1-4-15-29-23-13-12-21(28-3)16-19(23)17-26(18(2)27)22-11-8-14-25-24(22)30-20-9-6-5-7-10-20/h5-14,16H,4,15,17H2,1-3H3. The molecule has 0 unspecified atom stereocenters. The average Bonchev–Trinajstić information content (AvgIpc) is 2.77. The number of carbonyl (C=O) groups excluding carboxylic acids is 1. The van der Waals surface area contributed by atoms with Gasteiger partial charge in [0.1, 0.15) is 22.9 Å². The topological polar surface area (TPSA) is 60.9 Å². The van der Waals surface area contributed by atoms with Crippen molar-refractivity contribution in [2.75, 3.05) is 18.6 Å². The van der Waals surface area contributed by atoms with E-state index < -0.39 is 0 Å². The second-order valence-electron chi connectivity index (χ2n) is 6.67. The van der Waals surface area contributed by atoms with Crippen LogP contribution in [0.5, 0.6) is 23.1 Å². The lowest BCUT2D eigenvalue weighted by molar-refractivity contribution is -0.116. The summed E-state index contributed by atoms with van der Waals surface area (Å²) in [5.74, 6) is 2.29. The molecular weight excluding hydrogens is 380 g/mol. The first kappa shape index (κ1) is 21.2. The van der Waals surface area contributed by atoms with Gasteiger partial charge in [-0.25, -0.2) is 4.98 Å². The largest absolute Gasteiger partial charge is 0.497 e. The van der Waals surface area contributed by atoms with Crippen LogP contribution in [0.25, 0.3) is 0 Å². The Balaban J connectivity index is 1.95. The second kappa shape index (κ2) is 10.3. The van der Waals surface area contributed by atoms with Gasteiger partial charge in [-0.3, -0.25) is 4.79 Å². The molecule has 0 aliphatic rings. The minimum absolute atomic E-state index is 0.134. The summed E-state index contributed by atoms with van der Waals surface area (Å²) in [4.78, 5) is 18.6. The molecule has 1 heterocycles. The van der Waals surface area contributed by atoms with Crippen LogP contribution in [0.3, 0.4) is 0 Å². The fraction of sp³-hybridized carbons (Fsp3) is 0.250. The normalized spacial score (nSPS) is 10.4. The van der Waals surface area contributed by atoms with E-state index in [4.69, 9.17) is 14.2 Å². The molecule has 30 heavy (non-hydrogen) atoms. The van der Waals surface area contributed by atoms with E-state index in [0.29, 0.717) is 36.2 Å². The van der Waals surface area contributed by atoms with Gasteiger partial charge in [0.15, 0.2) is 0 Å². The zero-order valence-electron chi connectivity index (χ0n) is 17.5. The summed E-state index contributed by atoms with van der Waals surface area (Å²) in [7, 11) is 1.61. The van der Waals surface area contributed by atoms with Crippen molar-refractivity contribution in [1.29, 1.82) is 0 Å². The predicted octanol–water partition coefficient (Wildman–Crippen LogP) is 5.22. The molecular formula is C24H26N2O4. The van der Waals surface area contributed by atoms with E-state index in [2.05, 4.69) is 4.98 Å². The lowest BCUT2D eigenvalue weighted by Gasteiger charge is -2.24. The third kappa shape index (κ3) is 5.29. The lowest BCUT2D eigenvalue weighted by atomic mass is 10.1. The van der Waals surface area contributed by atoms with Crippen LogP contribution in [0.2, 0.25) is 0 Å². The summed E-state index contributed by atoms with van der Waals surface area (Å²) in [6.07, 6.45) is 2.53. The highest BCUT2D eigenvalue weighted by atomic mass is 16.5. The number of carbonyl (C=O) groups is 1. The molecule has 0 spiro atoms. The molecule has 1 aromatic heterocycles. The molecule has 0 radical (unpaired) electrons. The number of pyridine rings is 1. The number of rotatable bonds is 9.